The Morgan fingerprint density at radius 2 is 1.94 bits per heavy atom. The van der Waals surface area contributed by atoms with E-state index < -0.39 is 0 Å². The van der Waals surface area contributed by atoms with Gasteiger partial charge in [-0.15, -0.1) is 10.2 Å². The number of nitrogens with zero attached hydrogens (tertiary/aromatic N) is 4. The van der Waals surface area contributed by atoms with Gasteiger partial charge in [-0.3, -0.25) is 14.2 Å². The van der Waals surface area contributed by atoms with Crippen LogP contribution in [-0.2, 0) is 11.3 Å². The molecule has 2 aromatic heterocycles. The van der Waals surface area contributed by atoms with Crippen LogP contribution in [0, 0.1) is 5.82 Å². The molecule has 178 valence electrons. The summed E-state index contributed by atoms with van der Waals surface area (Å²) in [5.74, 6) is 0.289. The highest BCUT2D eigenvalue weighted by molar-refractivity contribution is 7.99. The first-order valence-corrected chi connectivity index (χ1v) is 12.5. The van der Waals surface area contributed by atoms with Crippen LogP contribution in [0.25, 0.3) is 11.4 Å². The predicted molar refractivity (Wildman–Crippen MR) is 125 cm³/mol. The minimum Gasteiger partial charge on any atom is -0.376 e. The molecule has 1 N–H and O–H groups in total. The van der Waals surface area contributed by atoms with Gasteiger partial charge in [-0.25, -0.2) is 4.39 Å². The molecule has 2 fully saturated rings. The Hall–Kier alpha value is -2.98. The number of nitrogens with one attached hydrogen (secondary N) is 1. The molecule has 2 aliphatic heterocycles. The van der Waals surface area contributed by atoms with Crippen LogP contribution in [0.3, 0.4) is 0 Å². The van der Waals surface area contributed by atoms with Gasteiger partial charge in [-0.05, 0) is 56.0 Å². The van der Waals surface area contributed by atoms with Crippen molar-refractivity contribution >= 4 is 23.5 Å². The quantitative estimate of drug-likeness (QED) is 0.387. The van der Waals surface area contributed by atoms with E-state index in [4.69, 9.17) is 4.74 Å². The third-order valence-electron chi connectivity index (χ3n) is 6.19. The molecule has 10 heteroatoms. The van der Waals surface area contributed by atoms with Crippen molar-refractivity contribution in [3.63, 3.8) is 0 Å². The molecule has 0 bridgehead atoms. The number of aromatic nitrogens is 4. The van der Waals surface area contributed by atoms with Crippen LogP contribution >= 0.6 is 11.8 Å². The van der Waals surface area contributed by atoms with Gasteiger partial charge in [0.1, 0.15) is 11.5 Å². The maximum Gasteiger partial charge on any atom is 0.270 e. The second-order valence-corrected chi connectivity index (χ2v) is 9.51. The molecule has 8 nitrogen and oxygen atoms in total. The average Bonchev–Trinajstić information content (AvgIpc) is 3.66. The fourth-order valence-electron chi connectivity index (χ4n) is 4.35. The van der Waals surface area contributed by atoms with Gasteiger partial charge in [0.25, 0.3) is 5.91 Å². The first-order chi connectivity index (χ1) is 16.6. The Morgan fingerprint density at radius 1 is 1.15 bits per heavy atom. The number of hydrogen-bond acceptors (Lipinski definition) is 6. The Balaban J connectivity index is 1.30. The summed E-state index contributed by atoms with van der Waals surface area (Å²) in [5, 5.41) is 9.24. The number of benzene rings is 1. The normalized spacial score (nSPS) is 18.0. The molecule has 2 saturated heterocycles. The monoisotopic (exact) mass is 483 g/mol. The number of Topliss-reactive ketones (excluding diaryl/α,β-unsaturated/α-hetero) is 1. The smallest absolute Gasteiger partial charge is 0.270 e. The number of halogens is 1. The van der Waals surface area contributed by atoms with E-state index in [1.807, 2.05) is 4.57 Å². The highest BCUT2D eigenvalue weighted by atomic mass is 32.2. The number of H-pyrrole nitrogens is 1. The lowest BCUT2D eigenvalue weighted by molar-refractivity contribution is 0.0787. The minimum atomic E-state index is -0.316. The first kappa shape index (κ1) is 22.8. The van der Waals surface area contributed by atoms with E-state index in [1.54, 1.807) is 29.3 Å². The van der Waals surface area contributed by atoms with Crippen molar-refractivity contribution in [2.45, 2.75) is 43.5 Å². The number of carbonyl (C=O) groups is 2. The van der Waals surface area contributed by atoms with E-state index in [1.165, 1.54) is 23.9 Å². The van der Waals surface area contributed by atoms with E-state index in [0.29, 0.717) is 28.8 Å². The molecular formula is C24H26FN5O3S. The largest absolute Gasteiger partial charge is 0.376 e. The lowest BCUT2D eigenvalue weighted by Crippen LogP contribution is -2.27. The number of ether oxygens (including phenoxy) is 1. The van der Waals surface area contributed by atoms with Crippen molar-refractivity contribution in [3.05, 3.63) is 53.6 Å². The van der Waals surface area contributed by atoms with Gasteiger partial charge in [-0.2, -0.15) is 0 Å². The maximum atomic E-state index is 13.4. The lowest BCUT2D eigenvalue weighted by Gasteiger charge is -2.14. The second kappa shape index (κ2) is 10.1. The minimum absolute atomic E-state index is 0.0501. The maximum absolute atomic E-state index is 13.4. The lowest BCUT2D eigenvalue weighted by atomic mass is 10.2. The molecule has 1 amide bonds. The third-order valence-corrected chi connectivity index (χ3v) is 7.16. The van der Waals surface area contributed by atoms with E-state index >= 15 is 0 Å². The van der Waals surface area contributed by atoms with Crippen molar-refractivity contribution < 1.29 is 18.7 Å². The summed E-state index contributed by atoms with van der Waals surface area (Å²) in [6.07, 6.45) is 5.62. The molecule has 0 spiro atoms. The van der Waals surface area contributed by atoms with Crippen LogP contribution in [0.15, 0.2) is 41.7 Å². The third kappa shape index (κ3) is 4.92. The van der Waals surface area contributed by atoms with Gasteiger partial charge >= 0.3 is 0 Å². The molecule has 0 aliphatic carbocycles. The predicted octanol–water partition coefficient (Wildman–Crippen LogP) is 3.80. The standard InChI is InChI=1S/C24H26FN5O3S/c25-18-7-5-16(6-8-18)22-27-28-24(30(22)14-19-4-3-11-33-19)34-15-21(31)17-12-20(26-13-17)23(32)29-9-1-2-10-29/h5-8,12-13,19,26H,1-4,9-11,14-15H2. The van der Waals surface area contributed by atoms with Gasteiger partial charge in [0.2, 0.25) is 0 Å². The summed E-state index contributed by atoms with van der Waals surface area (Å²) in [7, 11) is 0. The zero-order valence-electron chi connectivity index (χ0n) is 18.7. The number of rotatable bonds is 8. The molecule has 5 rings (SSSR count). The average molecular weight is 484 g/mol. The molecule has 0 radical (unpaired) electrons. The van der Waals surface area contributed by atoms with Crippen molar-refractivity contribution in [2.24, 2.45) is 0 Å². The summed E-state index contributed by atoms with van der Waals surface area (Å²) in [6, 6.07) is 7.76. The van der Waals surface area contributed by atoms with Crippen molar-refractivity contribution in [2.75, 3.05) is 25.4 Å². The van der Waals surface area contributed by atoms with Crippen molar-refractivity contribution in [1.29, 1.82) is 0 Å². The number of hydrogen-bond donors (Lipinski definition) is 1. The summed E-state index contributed by atoms with van der Waals surface area (Å²) in [5.41, 5.74) is 1.66. The number of thioether (sulfide) groups is 1. The topological polar surface area (TPSA) is 93.1 Å². The van der Waals surface area contributed by atoms with Crippen LogP contribution < -0.4 is 0 Å². The molecule has 4 heterocycles. The molecule has 0 saturated carbocycles. The summed E-state index contributed by atoms with van der Waals surface area (Å²) < 4.78 is 21.2. The zero-order chi connectivity index (χ0) is 23.5. The molecule has 1 aromatic carbocycles. The molecule has 3 aromatic rings. The fourth-order valence-corrected chi connectivity index (χ4v) is 5.19. The van der Waals surface area contributed by atoms with Crippen LogP contribution in [0.2, 0.25) is 0 Å². The molecule has 1 unspecified atom stereocenters. The number of ketones is 1. The Bertz CT molecular complexity index is 1160. The first-order valence-electron chi connectivity index (χ1n) is 11.5. The Kier molecular flexibility index (Phi) is 6.77. The highest BCUT2D eigenvalue weighted by Gasteiger charge is 2.24. The van der Waals surface area contributed by atoms with Gasteiger partial charge in [0.05, 0.1) is 18.4 Å². The van der Waals surface area contributed by atoms with Crippen LogP contribution in [0.5, 0.6) is 0 Å². The van der Waals surface area contributed by atoms with Crippen LogP contribution in [0.1, 0.15) is 46.5 Å². The molecular weight excluding hydrogens is 457 g/mol. The van der Waals surface area contributed by atoms with E-state index in [-0.39, 0.29) is 29.4 Å². The van der Waals surface area contributed by atoms with Crippen molar-refractivity contribution in [1.82, 2.24) is 24.6 Å². The number of aromatic amines is 1. The Labute approximate surface area is 200 Å². The van der Waals surface area contributed by atoms with E-state index in [0.717, 1.165) is 50.9 Å². The summed E-state index contributed by atoms with van der Waals surface area (Å²) >= 11 is 1.30. The summed E-state index contributed by atoms with van der Waals surface area (Å²) in [4.78, 5) is 30.2. The summed E-state index contributed by atoms with van der Waals surface area (Å²) in [6.45, 7) is 2.81. The zero-order valence-corrected chi connectivity index (χ0v) is 19.5. The SMILES string of the molecule is O=C(CSc1nnc(-c2ccc(F)cc2)n1CC1CCCO1)c1c[nH]c(C(=O)N2CCCC2)c1. The number of amides is 1. The van der Waals surface area contributed by atoms with Gasteiger partial charge in [0.15, 0.2) is 16.8 Å². The highest BCUT2D eigenvalue weighted by Crippen LogP contribution is 2.27. The van der Waals surface area contributed by atoms with Gasteiger partial charge in [0, 0.05) is 37.0 Å². The fraction of sp³-hybridized carbons (Fsp3) is 0.417. The van der Waals surface area contributed by atoms with Gasteiger partial charge in [-0.1, -0.05) is 11.8 Å². The number of carbonyl (C=O) groups excluding carboxylic acids is 2. The second-order valence-electron chi connectivity index (χ2n) is 8.57. The van der Waals surface area contributed by atoms with Gasteiger partial charge < -0.3 is 14.6 Å². The number of likely N-dealkylation sites (tertiary alicyclic amines) is 1. The van der Waals surface area contributed by atoms with Crippen LogP contribution in [0.4, 0.5) is 4.39 Å². The Morgan fingerprint density at radius 3 is 2.68 bits per heavy atom. The van der Waals surface area contributed by atoms with E-state index in [2.05, 4.69) is 15.2 Å². The van der Waals surface area contributed by atoms with Crippen molar-refractivity contribution in [3.8, 4) is 11.4 Å². The van der Waals surface area contributed by atoms with E-state index in [9.17, 15) is 14.0 Å². The molecule has 2 aliphatic rings. The van der Waals surface area contributed by atoms with Crippen LogP contribution in [-0.4, -0.2) is 67.9 Å². The molecule has 1 atom stereocenters. The molecule has 34 heavy (non-hydrogen) atoms.